The van der Waals surface area contributed by atoms with Crippen LogP contribution < -0.4 is 5.32 Å². The Morgan fingerprint density at radius 1 is 1.26 bits per heavy atom. The zero-order valence-electron chi connectivity index (χ0n) is 10.8. The van der Waals surface area contributed by atoms with Crippen LogP contribution in [0.1, 0.15) is 17.5 Å². The Morgan fingerprint density at radius 2 is 1.95 bits per heavy atom. The molecule has 0 radical (unpaired) electrons. The zero-order valence-corrected chi connectivity index (χ0v) is 10.8. The van der Waals surface area contributed by atoms with Gasteiger partial charge in [-0.15, -0.1) is 0 Å². The molecule has 0 bridgehead atoms. The topological polar surface area (TPSA) is 38.3 Å². The molecule has 106 valence electrons. The van der Waals surface area contributed by atoms with E-state index in [1.165, 1.54) is 0 Å². The third-order valence-electron chi connectivity index (χ3n) is 2.53. The monoisotopic (exact) mass is 275 g/mol. The molecule has 19 heavy (non-hydrogen) atoms. The summed E-state index contributed by atoms with van der Waals surface area (Å²) in [6.07, 6.45) is -4.46. The number of hydrogen-bond donors (Lipinski definition) is 1. The number of alkyl halides is 3. The first kappa shape index (κ1) is 15.5. The molecule has 0 atom stereocenters. The number of aryl methyl sites for hydroxylation is 2. The van der Waals surface area contributed by atoms with Crippen LogP contribution >= 0.6 is 0 Å². The minimum absolute atomic E-state index is 0.108. The number of halogens is 3. The molecule has 0 aliphatic carbocycles. The number of amides is 1. The summed E-state index contributed by atoms with van der Waals surface area (Å²) in [6.45, 7) is 2.28. The van der Waals surface area contributed by atoms with Crippen molar-refractivity contribution in [1.29, 1.82) is 0 Å². The summed E-state index contributed by atoms with van der Waals surface area (Å²) < 4.78 is 39.7. The van der Waals surface area contributed by atoms with E-state index >= 15 is 0 Å². The van der Waals surface area contributed by atoms with Gasteiger partial charge in [0.25, 0.3) is 0 Å². The van der Waals surface area contributed by atoms with E-state index in [2.05, 4.69) is 10.1 Å². The van der Waals surface area contributed by atoms with Gasteiger partial charge in [-0.2, -0.15) is 13.2 Å². The van der Waals surface area contributed by atoms with Crippen LogP contribution in [0.15, 0.2) is 18.2 Å². The van der Waals surface area contributed by atoms with Crippen LogP contribution in [0, 0.1) is 13.8 Å². The van der Waals surface area contributed by atoms with Crippen molar-refractivity contribution in [2.24, 2.45) is 0 Å². The molecule has 1 aromatic carbocycles. The van der Waals surface area contributed by atoms with Gasteiger partial charge in [0, 0.05) is 5.69 Å². The van der Waals surface area contributed by atoms with Crippen molar-refractivity contribution in [3.63, 3.8) is 0 Å². The van der Waals surface area contributed by atoms with Crippen LogP contribution in [0.4, 0.5) is 18.9 Å². The minimum atomic E-state index is -4.36. The summed E-state index contributed by atoms with van der Waals surface area (Å²) >= 11 is 0. The Balaban J connectivity index is 2.33. The van der Waals surface area contributed by atoms with E-state index in [0.29, 0.717) is 5.69 Å². The second-order valence-electron chi connectivity index (χ2n) is 4.26. The second-order valence-corrected chi connectivity index (χ2v) is 4.26. The maximum Gasteiger partial charge on any atom is 0.411 e. The van der Waals surface area contributed by atoms with Crippen LogP contribution in [0.25, 0.3) is 0 Å². The van der Waals surface area contributed by atoms with Crippen molar-refractivity contribution in [2.75, 3.05) is 18.5 Å². The summed E-state index contributed by atoms with van der Waals surface area (Å²) in [7, 11) is 0. The predicted octanol–water partition coefficient (Wildman–Crippen LogP) is 3.21. The molecule has 0 aromatic heterocycles. The lowest BCUT2D eigenvalue weighted by atomic mass is 10.1. The SMILES string of the molecule is Cc1ccc(NC(=O)CCOCC(F)(F)F)cc1C. The van der Waals surface area contributed by atoms with Gasteiger partial charge in [0.2, 0.25) is 5.91 Å². The number of nitrogens with one attached hydrogen (secondary N) is 1. The molecule has 0 unspecified atom stereocenters. The highest BCUT2D eigenvalue weighted by Gasteiger charge is 2.27. The lowest BCUT2D eigenvalue weighted by Gasteiger charge is -2.09. The van der Waals surface area contributed by atoms with E-state index < -0.39 is 12.8 Å². The molecule has 6 heteroatoms. The number of ether oxygens (including phenoxy) is 1. The largest absolute Gasteiger partial charge is 0.411 e. The van der Waals surface area contributed by atoms with Crippen LogP contribution in [0.2, 0.25) is 0 Å². The fourth-order valence-corrected chi connectivity index (χ4v) is 1.40. The lowest BCUT2D eigenvalue weighted by Crippen LogP contribution is -2.20. The van der Waals surface area contributed by atoms with E-state index in [1.807, 2.05) is 26.0 Å². The Kier molecular flexibility index (Phi) is 5.35. The first-order valence-corrected chi connectivity index (χ1v) is 5.79. The number of carbonyl (C=O) groups excluding carboxylic acids is 1. The van der Waals surface area contributed by atoms with Crippen molar-refractivity contribution in [2.45, 2.75) is 26.4 Å². The van der Waals surface area contributed by atoms with Gasteiger partial charge in [-0.25, -0.2) is 0 Å². The summed E-state index contributed by atoms with van der Waals surface area (Å²) in [4.78, 5) is 11.5. The highest BCUT2D eigenvalue weighted by Crippen LogP contribution is 2.15. The minimum Gasteiger partial charge on any atom is -0.372 e. The fourth-order valence-electron chi connectivity index (χ4n) is 1.40. The smallest absolute Gasteiger partial charge is 0.372 e. The standard InChI is InChI=1S/C13H16F3NO2/c1-9-3-4-11(7-10(9)2)17-12(18)5-6-19-8-13(14,15)16/h3-4,7H,5-6,8H2,1-2H3,(H,17,18). The van der Waals surface area contributed by atoms with Crippen LogP contribution in [-0.2, 0) is 9.53 Å². The predicted molar refractivity (Wildman–Crippen MR) is 66.0 cm³/mol. The molecule has 0 spiro atoms. The summed E-state index contributed by atoms with van der Waals surface area (Å²) in [5, 5.41) is 2.61. The number of carbonyl (C=O) groups is 1. The first-order valence-electron chi connectivity index (χ1n) is 5.79. The van der Waals surface area contributed by atoms with Gasteiger partial charge >= 0.3 is 6.18 Å². The molecule has 1 aromatic rings. The van der Waals surface area contributed by atoms with Crippen LogP contribution in [0.5, 0.6) is 0 Å². The van der Waals surface area contributed by atoms with E-state index in [4.69, 9.17) is 0 Å². The molecule has 0 saturated heterocycles. The molecule has 3 nitrogen and oxygen atoms in total. The second kappa shape index (κ2) is 6.56. The molecule has 0 aliphatic rings. The van der Waals surface area contributed by atoms with E-state index in [1.54, 1.807) is 6.07 Å². The molecule has 0 heterocycles. The van der Waals surface area contributed by atoms with Crippen molar-refractivity contribution < 1.29 is 22.7 Å². The molecular formula is C13H16F3NO2. The number of rotatable bonds is 5. The molecule has 0 saturated carbocycles. The molecule has 0 fully saturated rings. The van der Waals surface area contributed by atoms with Crippen molar-refractivity contribution in [3.8, 4) is 0 Å². The van der Waals surface area contributed by atoms with Gasteiger partial charge in [-0.3, -0.25) is 4.79 Å². The Labute approximate surface area is 109 Å². The summed E-state index contributed by atoms with van der Waals surface area (Å²) in [5.41, 5.74) is 2.77. The fraction of sp³-hybridized carbons (Fsp3) is 0.462. The normalized spacial score (nSPS) is 11.4. The summed E-state index contributed by atoms with van der Waals surface area (Å²) in [6, 6.07) is 5.42. The third kappa shape index (κ3) is 6.24. The quantitative estimate of drug-likeness (QED) is 0.838. The van der Waals surface area contributed by atoms with Gasteiger partial charge in [-0.05, 0) is 37.1 Å². The maximum atomic E-state index is 11.8. The van der Waals surface area contributed by atoms with E-state index in [-0.39, 0.29) is 18.9 Å². The zero-order chi connectivity index (χ0) is 14.5. The highest BCUT2D eigenvalue weighted by atomic mass is 19.4. The summed E-state index contributed by atoms with van der Waals surface area (Å²) in [5.74, 6) is -0.370. The maximum absolute atomic E-state index is 11.8. The number of benzene rings is 1. The molecule has 1 rings (SSSR count). The highest BCUT2D eigenvalue weighted by molar-refractivity contribution is 5.90. The number of hydrogen-bond acceptors (Lipinski definition) is 2. The number of anilines is 1. The average Bonchev–Trinajstić information content (AvgIpc) is 2.28. The van der Waals surface area contributed by atoms with Gasteiger partial charge in [0.05, 0.1) is 13.0 Å². The van der Waals surface area contributed by atoms with Gasteiger partial charge < -0.3 is 10.1 Å². The Hall–Kier alpha value is -1.56. The van der Waals surface area contributed by atoms with Gasteiger partial charge in [0.1, 0.15) is 6.61 Å². The van der Waals surface area contributed by atoms with Crippen LogP contribution in [-0.4, -0.2) is 25.3 Å². The van der Waals surface area contributed by atoms with Gasteiger partial charge in [-0.1, -0.05) is 6.07 Å². The van der Waals surface area contributed by atoms with E-state index in [0.717, 1.165) is 11.1 Å². The third-order valence-corrected chi connectivity index (χ3v) is 2.53. The Bertz CT molecular complexity index is 444. The van der Waals surface area contributed by atoms with Crippen molar-refractivity contribution in [1.82, 2.24) is 0 Å². The van der Waals surface area contributed by atoms with E-state index in [9.17, 15) is 18.0 Å². The van der Waals surface area contributed by atoms with Gasteiger partial charge in [0.15, 0.2) is 0 Å². The average molecular weight is 275 g/mol. The Morgan fingerprint density at radius 3 is 2.53 bits per heavy atom. The van der Waals surface area contributed by atoms with Crippen LogP contribution in [0.3, 0.4) is 0 Å². The molecular weight excluding hydrogens is 259 g/mol. The first-order chi connectivity index (χ1) is 8.78. The lowest BCUT2D eigenvalue weighted by molar-refractivity contribution is -0.174. The van der Waals surface area contributed by atoms with Crippen molar-refractivity contribution >= 4 is 11.6 Å². The molecule has 1 N–H and O–H groups in total. The van der Waals surface area contributed by atoms with Crippen molar-refractivity contribution in [3.05, 3.63) is 29.3 Å². The molecule has 0 aliphatic heterocycles. The molecule has 1 amide bonds.